The molecule has 0 bridgehead atoms. The second-order valence-electron chi connectivity index (χ2n) is 8.29. The number of nitrogens with zero attached hydrogens (tertiary/aromatic N) is 1. The van der Waals surface area contributed by atoms with Gasteiger partial charge in [0, 0.05) is 5.69 Å². The molecule has 0 saturated heterocycles. The molecule has 0 fully saturated rings. The molecule has 1 N–H and O–H groups in total. The lowest BCUT2D eigenvalue weighted by molar-refractivity contribution is -0.242. The average Bonchev–Trinajstić information content (AvgIpc) is 2.77. The van der Waals surface area contributed by atoms with E-state index in [-0.39, 0.29) is 16.1 Å². The zero-order valence-electron chi connectivity index (χ0n) is 19.1. The van der Waals surface area contributed by atoms with Gasteiger partial charge in [0.2, 0.25) is 5.60 Å². The van der Waals surface area contributed by atoms with Crippen molar-refractivity contribution in [2.45, 2.75) is 42.8 Å². The Bertz CT molecular complexity index is 1370. The number of hydrogen-bond donors (Lipinski definition) is 1. The SMILES string of the molecule is CC(C)(OC(=O)Nc1ccc2c(c1)N(S(=O)(=O)c1ccc(F)c(F)c1)C[C@@H](C(=O)C(F)(F)F)O2)C(F)(F)F. The monoisotopic (exact) mass is 576 g/mol. The van der Waals surface area contributed by atoms with Crippen molar-refractivity contribution in [1.29, 1.82) is 0 Å². The highest BCUT2D eigenvalue weighted by atomic mass is 32.2. The zero-order chi connectivity index (χ0) is 28.8. The molecule has 1 heterocycles. The quantitative estimate of drug-likeness (QED) is 0.506. The van der Waals surface area contributed by atoms with Crippen LogP contribution in [0.3, 0.4) is 0 Å². The topological polar surface area (TPSA) is 102 Å². The molecule has 0 saturated carbocycles. The van der Waals surface area contributed by atoms with Gasteiger partial charge in [0.1, 0.15) is 5.75 Å². The maximum atomic E-state index is 13.7. The number of ether oxygens (including phenoxy) is 2. The Labute approximate surface area is 209 Å². The van der Waals surface area contributed by atoms with Gasteiger partial charge >= 0.3 is 18.4 Å². The molecule has 3 rings (SSSR count). The summed E-state index contributed by atoms with van der Waals surface area (Å²) in [6, 6.07) is 3.86. The van der Waals surface area contributed by atoms with Crippen LogP contribution >= 0.6 is 0 Å². The minimum absolute atomic E-state index is 0.225. The van der Waals surface area contributed by atoms with Crippen LogP contribution in [0.5, 0.6) is 5.75 Å². The van der Waals surface area contributed by atoms with E-state index in [2.05, 4.69) is 4.74 Å². The van der Waals surface area contributed by atoms with E-state index < -0.39 is 80.5 Å². The Morgan fingerprint density at radius 3 is 2.18 bits per heavy atom. The molecule has 0 unspecified atom stereocenters. The van der Waals surface area contributed by atoms with Crippen molar-refractivity contribution in [2.24, 2.45) is 0 Å². The second kappa shape index (κ2) is 9.59. The Morgan fingerprint density at radius 1 is 1.00 bits per heavy atom. The van der Waals surface area contributed by atoms with E-state index in [1.165, 1.54) is 0 Å². The first kappa shape index (κ1) is 28.9. The van der Waals surface area contributed by atoms with Gasteiger partial charge in [-0.05, 0) is 50.2 Å². The predicted molar refractivity (Wildman–Crippen MR) is 113 cm³/mol. The van der Waals surface area contributed by atoms with E-state index in [1.54, 1.807) is 0 Å². The van der Waals surface area contributed by atoms with Crippen molar-refractivity contribution < 1.29 is 62.6 Å². The lowest BCUT2D eigenvalue weighted by atomic mass is 10.1. The maximum Gasteiger partial charge on any atom is 0.454 e. The Morgan fingerprint density at radius 2 is 1.63 bits per heavy atom. The van der Waals surface area contributed by atoms with Crippen molar-refractivity contribution >= 4 is 33.3 Å². The molecule has 8 nitrogen and oxygen atoms in total. The number of amides is 1. The van der Waals surface area contributed by atoms with Crippen molar-refractivity contribution in [3.8, 4) is 5.75 Å². The number of Topliss-reactive ketones (excluding diaryl/α,β-unsaturated/α-hetero) is 1. The van der Waals surface area contributed by atoms with Gasteiger partial charge in [-0.15, -0.1) is 0 Å². The van der Waals surface area contributed by atoms with Crippen LogP contribution in [0.2, 0.25) is 0 Å². The summed E-state index contributed by atoms with van der Waals surface area (Å²) in [6.07, 6.45) is -14.4. The zero-order valence-corrected chi connectivity index (χ0v) is 19.9. The standard InChI is InChI=1S/C21H16F8N2O6S/c1-19(2,21(27,28)29)37-18(33)30-10-3-6-15-14(7-10)31(9-16(36-15)17(32)20(24,25)26)38(34,35)11-4-5-12(22)13(23)8-11/h3-8,16H,9H2,1-2H3,(H,30,33)/t16-/m0/s1. The summed E-state index contributed by atoms with van der Waals surface area (Å²) >= 11 is 0. The van der Waals surface area contributed by atoms with Gasteiger partial charge in [0.15, 0.2) is 17.7 Å². The van der Waals surface area contributed by atoms with Gasteiger partial charge in [-0.3, -0.25) is 14.4 Å². The third-order valence-corrected chi connectivity index (χ3v) is 6.93. The molecule has 38 heavy (non-hydrogen) atoms. The number of halogens is 8. The Kier molecular flexibility index (Phi) is 7.31. The molecule has 0 spiro atoms. The van der Waals surface area contributed by atoms with Gasteiger partial charge in [0.25, 0.3) is 15.8 Å². The van der Waals surface area contributed by atoms with E-state index >= 15 is 0 Å². The van der Waals surface area contributed by atoms with Crippen LogP contribution < -0.4 is 14.4 Å². The van der Waals surface area contributed by atoms with Gasteiger partial charge < -0.3 is 9.47 Å². The Hall–Kier alpha value is -3.63. The van der Waals surface area contributed by atoms with Crippen LogP contribution in [-0.4, -0.2) is 50.9 Å². The largest absolute Gasteiger partial charge is 0.478 e. The fourth-order valence-corrected chi connectivity index (χ4v) is 4.55. The normalized spacial score (nSPS) is 16.4. The number of rotatable bonds is 5. The van der Waals surface area contributed by atoms with E-state index in [0.717, 1.165) is 18.2 Å². The minimum atomic E-state index is -5.43. The highest BCUT2D eigenvalue weighted by molar-refractivity contribution is 7.92. The molecule has 1 amide bonds. The molecule has 208 valence electrons. The second-order valence-corrected chi connectivity index (χ2v) is 10.1. The number of carbonyl (C=O) groups excluding carboxylic acids is 2. The molecule has 2 aromatic carbocycles. The van der Waals surface area contributed by atoms with E-state index in [9.17, 15) is 53.1 Å². The lowest BCUT2D eigenvalue weighted by Gasteiger charge is -2.35. The van der Waals surface area contributed by atoms with Crippen molar-refractivity contribution in [3.05, 3.63) is 48.0 Å². The van der Waals surface area contributed by atoms with Crippen LogP contribution in [0, 0.1) is 11.6 Å². The number of benzene rings is 2. The average molecular weight is 576 g/mol. The third kappa shape index (κ3) is 5.76. The number of sulfonamides is 1. The molecule has 1 aliphatic rings. The van der Waals surface area contributed by atoms with Crippen molar-refractivity contribution in [1.82, 2.24) is 0 Å². The smallest absolute Gasteiger partial charge is 0.454 e. The number of hydrogen-bond acceptors (Lipinski definition) is 6. The number of anilines is 2. The van der Waals surface area contributed by atoms with Crippen LogP contribution in [0.15, 0.2) is 41.3 Å². The molecule has 1 atom stereocenters. The summed E-state index contributed by atoms with van der Waals surface area (Å²) in [7, 11) is -4.99. The van der Waals surface area contributed by atoms with Crippen LogP contribution in [0.1, 0.15) is 13.8 Å². The van der Waals surface area contributed by atoms with Gasteiger partial charge in [-0.2, -0.15) is 26.3 Å². The first-order chi connectivity index (χ1) is 17.2. The first-order valence-corrected chi connectivity index (χ1v) is 11.6. The van der Waals surface area contributed by atoms with Crippen LogP contribution in [0.4, 0.5) is 51.3 Å². The highest BCUT2D eigenvalue weighted by Gasteiger charge is 2.51. The van der Waals surface area contributed by atoms with Gasteiger partial charge in [-0.25, -0.2) is 22.0 Å². The molecule has 0 radical (unpaired) electrons. The summed E-state index contributed by atoms with van der Waals surface area (Å²) in [6.45, 7) is -0.163. The fourth-order valence-electron chi connectivity index (χ4n) is 3.07. The summed E-state index contributed by atoms with van der Waals surface area (Å²) in [5.41, 5.74) is -3.89. The van der Waals surface area contributed by atoms with Crippen LogP contribution in [0.25, 0.3) is 0 Å². The van der Waals surface area contributed by atoms with Crippen molar-refractivity contribution in [2.75, 3.05) is 16.2 Å². The number of alkyl halides is 6. The molecule has 0 aliphatic carbocycles. The fraction of sp³-hybridized carbons (Fsp3) is 0.333. The number of carbonyl (C=O) groups is 2. The summed E-state index contributed by atoms with van der Waals surface area (Å²) in [5, 5.41) is 1.91. The minimum Gasteiger partial charge on any atom is -0.478 e. The number of nitrogens with one attached hydrogen (secondary N) is 1. The summed E-state index contributed by atoms with van der Waals surface area (Å²) < 4.78 is 141. The molecule has 2 aromatic rings. The van der Waals surface area contributed by atoms with Gasteiger partial charge in [-0.1, -0.05) is 0 Å². The van der Waals surface area contributed by atoms with E-state index in [0.29, 0.717) is 26.0 Å². The molecule has 1 aliphatic heterocycles. The molecular weight excluding hydrogens is 560 g/mol. The number of ketones is 1. The van der Waals surface area contributed by atoms with Crippen molar-refractivity contribution in [3.63, 3.8) is 0 Å². The van der Waals surface area contributed by atoms with E-state index in [1.807, 2.05) is 5.32 Å². The lowest BCUT2D eigenvalue weighted by Crippen LogP contribution is -2.50. The first-order valence-electron chi connectivity index (χ1n) is 10.2. The molecular formula is C21H16F8N2O6S. The number of fused-ring (bicyclic) bond motifs is 1. The Balaban J connectivity index is 2.04. The maximum absolute atomic E-state index is 13.7. The summed E-state index contributed by atoms with van der Waals surface area (Å²) in [4.78, 5) is 22.9. The van der Waals surface area contributed by atoms with Gasteiger partial charge in [0.05, 0.1) is 17.1 Å². The summed E-state index contributed by atoms with van der Waals surface area (Å²) in [5.74, 6) is -6.09. The third-order valence-electron chi connectivity index (χ3n) is 5.16. The predicted octanol–water partition coefficient (Wildman–Crippen LogP) is 4.94. The van der Waals surface area contributed by atoms with E-state index in [4.69, 9.17) is 4.74 Å². The highest BCUT2D eigenvalue weighted by Crippen LogP contribution is 2.40. The van der Waals surface area contributed by atoms with Crippen LogP contribution in [-0.2, 0) is 19.6 Å². The molecule has 0 aromatic heterocycles. The molecule has 17 heteroatoms.